The Kier molecular flexibility index (Phi) is 3.41. The predicted molar refractivity (Wildman–Crippen MR) is 80.6 cm³/mol. The quantitative estimate of drug-likeness (QED) is 0.927. The highest BCUT2D eigenvalue weighted by molar-refractivity contribution is 7.91. The van der Waals surface area contributed by atoms with Gasteiger partial charge >= 0.3 is 0 Å². The molecule has 1 N–H and O–H groups in total. The van der Waals surface area contributed by atoms with Crippen molar-refractivity contribution >= 4 is 9.84 Å². The van der Waals surface area contributed by atoms with Gasteiger partial charge in [-0.25, -0.2) is 8.42 Å². The molecule has 3 nitrogen and oxygen atoms in total. The molecule has 1 heterocycles. The molecule has 0 bridgehead atoms. The third-order valence-electron chi connectivity index (χ3n) is 4.75. The lowest BCUT2D eigenvalue weighted by molar-refractivity contribution is 0.487. The van der Waals surface area contributed by atoms with Gasteiger partial charge in [-0.15, -0.1) is 0 Å². The Morgan fingerprint density at radius 2 is 2.10 bits per heavy atom. The molecule has 2 aliphatic rings. The van der Waals surface area contributed by atoms with E-state index in [1.807, 2.05) is 18.2 Å². The predicted octanol–water partition coefficient (Wildman–Crippen LogP) is 2.37. The van der Waals surface area contributed by atoms with E-state index in [1.54, 1.807) is 6.07 Å². The van der Waals surface area contributed by atoms with Gasteiger partial charge in [0.2, 0.25) is 0 Å². The zero-order valence-corrected chi connectivity index (χ0v) is 13.0. The van der Waals surface area contributed by atoms with Crippen molar-refractivity contribution in [2.45, 2.75) is 37.0 Å². The average Bonchev–Trinajstić information content (AvgIpc) is 3.10. The van der Waals surface area contributed by atoms with E-state index in [4.69, 9.17) is 0 Å². The van der Waals surface area contributed by atoms with Gasteiger partial charge in [-0.3, -0.25) is 0 Å². The average molecular weight is 293 g/mol. The van der Waals surface area contributed by atoms with E-state index in [0.29, 0.717) is 22.5 Å². The highest BCUT2D eigenvalue weighted by Crippen LogP contribution is 2.60. The van der Waals surface area contributed by atoms with Crippen molar-refractivity contribution in [3.05, 3.63) is 29.8 Å². The van der Waals surface area contributed by atoms with Crippen LogP contribution >= 0.6 is 0 Å². The standard InChI is InChI=1S/C16H23NO2S/c1-12(2)10-17-11-13-9-16(13)7-8-20(18,19)15-6-4-3-5-14(15)16/h3-6,12-13,17H,7-11H2,1-2H3. The number of fused-ring (bicyclic) bond motifs is 2. The molecule has 1 spiro atoms. The van der Waals surface area contributed by atoms with Crippen molar-refractivity contribution in [2.24, 2.45) is 11.8 Å². The first kappa shape index (κ1) is 14.1. The van der Waals surface area contributed by atoms with Gasteiger partial charge in [0.15, 0.2) is 9.84 Å². The van der Waals surface area contributed by atoms with Gasteiger partial charge < -0.3 is 5.32 Å². The molecule has 0 saturated heterocycles. The van der Waals surface area contributed by atoms with Crippen molar-refractivity contribution in [3.63, 3.8) is 0 Å². The van der Waals surface area contributed by atoms with E-state index in [0.717, 1.165) is 31.5 Å². The van der Waals surface area contributed by atoms with Crippen molar-refractivity contribution in [1.82, 2.24) is 5.32 Å². The molecule has 1 aliphatic heterocycles. The largest absolute Gasteiger partial charge is 0.316 e. The molecule has 0 amide bonds. The SMILES string of the molecule is CC(C)CNCC1CC12CCS(=O)(=O)c1ccccc12. The maximum Gasteiger partial charge on any atom is 0.178 e. The van der Waals surface area contributed by atoms with Gasteiger partial charge in [0, 0.05) is 5.41 Å². The molecule has 2 unspecified atom stereocenters. The van der Waals surface area contributed by atoms with E-state index in [2.05, 4.69) is 19.2 Å². The minimum absolute atomic E-state index is 0.131. The normalized spacial score (nSPS) is 30.4. The Morgan fingerprint density at radius 3 is 2.85 bits per heavy atom. The van der Waals surface area contributed by atoms with Crippen LogP contribution in [0.4, 0.5) is 0 Å². The van der Waals surface area contributed by atoms with Crippen LogP contribution in [0.5, 0.6) is 0 Å². The zero-order chi connectivity index (χ0) is 14.4. The van der Waals surface area contributed by atoms with Crippen LogP contribution in [0.1, 0.15) is 32.3 Å². The van der Waals surface area contributed by atoms with E-state index in [1.165, 1.54) is 0 Å². The Labute approximate surface area is 121 Å². The fourth-order valence-corrected chi connectivity index (χ4v) is 5.29. The Hall–Kier alpha value is -0.870. The van der Waals surface area contributed by atoms with Gasteiger partial charge in [0.05, 0.1) is 10.6 Å². The summed E-state index contributed by atoms with van der Waals surface area (Å²) in [6.07, 6.45) is 1.92. The van der Waals surface area contributed by atoms with Gasteiger partial charge in [-0.1, -0.05) is 32.0 Å². The molecule has 1 aromatic rings. The molecule has 1 saturated carbocycles. The minimum atomic E-state index is -3.05. The summed E-state index contributed by atoms with van der Waals surface area (Å²) < 4.78 is 24.4. The van der Waals surface area contributed by atoms with E-state index in [9.17, 15) is 8.42 Å². The summed E-state index contributed by atoms with van der Waals surface area (Å²) in [6.45, 7) is 6.45. The fraction of sp³-hybridized carbons (Fsp3) is 0.625. The van der Waals surface area contributed by atoms with E-state index >= 15 is 0 Å². The first-order chi connectivity index (χ1) is 9.46. The van der Waals surface area contributed by atoms with Crippen molar-refractivity contribution in [2.75, 3.05) is 18.8 Å². The first-order valence-corrected chi connectivity index (χ1v) is 9.14. The zero-order valence-electron chi connectivity index (χ0n) is 12.2. The van der Waals surface area contributed by atoms with Crippen LogP contribution in [0, 0.1) is 11.8 Å². The number of hydrogen-bond donors (Lipinski definition) is 1. The van der Waals surface area contributed by atoms with Crippen LogP contribution in [-0.2, 0) is 15.3 Å². The molecule has 1 aliphatic carbocycles. The molecular weight excluding hydrogens is 270 g/mol. The highest BCUT2D eigenvalue weighted by Gasteiger charge is 2.58. The van der Waals surface area contributed by atoms with Gasteiger partial charge in [0.25, 0.3) is 0 Å². The third kappa shape index (κ3) is 2.29. The van der Waals surface area contributed by atoms with Crippen molar-refractivity contribution in [3.8, 4) is 0 Å². The lowest BCUT2D eigenvalue weighted by Gasteiger charge is -2.26. The highest BCUT2D eigenvalue weighted by atomic mass is 32.2. The lowest BCUT2D eigenvalue weighted by atomic mass is 9.90. The molecular formula is C16H23NO2S. The summed E-state index contributed by atoms with van der Waals surface area (Å²) in [4.78, 5) is 0.581. The summed E-state index contributed by atoms with van der Waals surface area (Å²) >= 11 is 0. The maximum atomic E-state index is 12.2. The summed E-state index contributed by atoms with van der Waals surface area (Å²) in [5, 5.41) is 3.52. The Bertz CT molecular complexity index is 609. The van der Waals surface area contributed by atoms with Gasteiger partial charge in [-0.05, 0) is 49.4 Å². The van der Waals surface area contributed by atoms with Crippen LogP contribution < -0.4 is 5.32 Å². The number of rotatable bonds is 4. The molecule has 2 atom stereocenters. The summed E-state index contributed by atoms with van der Waals surface area (Å²) in [7, 11) is -3.05. The number of sulfone groups is 1. The second kappa shape index (κ2) is 4.85. The molecule has 110 valence electrons. The van der Waals surface area contributed by atoms with Crippen molar-refractivity contribution in [1.29, 1.82) is 0 Å². The molecule has 0 radical (unpaired) electrons. The number of nitrogens with one attached hydrogen (secondary N) is 1. The summed E-state index contributed by atoms with van der Waals surface area (Å²) in [5.41, 5.74) is 1.20. The van der Waals surface area contributed by atoms with Crippen LogP contribution in [-0.4, -0.2) is 27.3 Å². The molecule has 1 aromatic carbocycles. The Balaban J connectivity index is 1.80. The van der Waals surface area contributed by atoms with E-state index < -0.39 is 9.84 Å². The number of hydrogen-bond acceptors (Lipinski definition) is 3. The topological polar surface area (TPSA) is 46.2 Å². The molecule has 20 heavy (non-hydrogen) atoms. The third-order valence-corrected chi connectivity index (χ3v) is 6.52. The number of benzene rings is 1. The van der Waals surface area contributed by atoms with Crippen LogP contribution in [0.3, 0.4) is 0 Å². The first-order valence-electron chi connectivity index (χ1n) is 7.49. The second-order valence-corrected chi connectivity index (χ2v) is 8.75. The fourth-order valence-electron chi connectivity index (χ4n) is 3.54. The van der Waals surface area contributed by atoms with Crippen molar-refractivity contribution < 1.29 is 8.42 Å². The van der Waals surface area contributed by atoms with Crippen LogP contribution in [0.25, 0.3) is 0 Å². The van der Waals surface area contributed by atoms with Crippen LogP contribution in [0.15, 0.2) is 29.2 Å². The monoisotopic (exact) mass is 293 g/mol. The summed E-state index contributed by atoms with van der Waals surface area (Å²) in [5.74, 6) is 1.56. The molecule has 4 heteroatoms. The minimum Gasteiger partial charge on any atom is -0.316 e. The van der Waals surface area contributed by atoms with E-state index in [-0.39, 0.29) is 5.41 Å². The molecule has 3 rings (SSSR count). The van der Waals surface area contributed by atoms with Gasteiger partial charge in [0.1, 0.15) is 0 Å². The smallest absolute Gasteiger partial charge is 0.178 e. The maximum absolute atomic E-state index is 12.2. The molecule has 1 fully saturated rings. The van der Waals surface area contributed by atoms with Gasteiger partial charge in [-0.2, -0.15) is 0 Å². The Morgan fingerprint density at radius 1 is 1.35 bits per heavy atom. The van der Waals surface area contributed by atoms with Crippen LogP contribution in [0.2, 0.25) is 0 Å². The molecule has 0 aromatic heterocycles. The summed E-state index contributed by atoms with van der Waals surface area (Å²) in [6, 6.07) is 7.61. The second-order valence-electron chi connectivity index (χ2n) is 6.67. The lowest BCUT2D eigenvalue weighted by Crippen LogP contribution is -2.30.